The second-order valence-corrected chi connectivity index (χ2v) is 6.50. The second kappa shape index (κ2) is 5.08. The molecule has 3 aliphatic rings. The number of imidazole rings is 1. The van der Waals surface area contributed by atoms with Crippen LogP contribution in [-0.4, -0.2) is 36.7 Å². The molecule has 22 heavy (non-hydrogen) atoms. The van der Waals surface area contributed by atoms with Crippen LogP contribution in [0.15, 0.2) is 12.5 Å². The molecule has 2 bridgehead atoms. The van der Waals surface area contributed by atoms with Gasteiger partial charge in [-0.2, -0.15) is 4.98 Å². The van der Waals surface area contributed by atoms with Crippen LogP contribution in [0, 0.1) is 17.8 Å². The van der Waals surface area contributed by atoms with Gasteiger partial charge in [0.05, 0.1) is 12.1 Å². The van der Waals surface area contributed by atoms with Crippen molar-refractivity contribution < 1.29 is 9.90 Å². The van der Waals surface area contributed by atoms with E-state index in [1.165, 1.54) is 0 Å². The highest BCUT2D eigenvalue weighted by Crippen LogP contribution is 2.46. The molecule has 116 valence electrons. The topological polar surface area (TPSA) is 92.4 Å². The number of carboxylic acid groups (broad SMARTS) is 1. The second-order valence-electron chi connectivity index (χ2n) is 6.16. The summed E-state index contributed by atoms with van der Waals surface area (Å²) in [6.45, 7) is 0. The molecule has 0 aromatic carbocycles. The minimum absolute atomic E-state index is 0.112. The minimum Gasteiger partial charge on any atom is -0.481 e. The minimum atomic E-state index is -0.725. The van der Waals surface area contributed by atoms with E-state index in [-0.39, 0.29) is 23.2 Å². The van der Waals surface area contributed by atoms with Crippen molar-refractivity contribution in [1.82, 2.24) is 19.6 Å². The number of hydrogen-bond acceptors (Lipinski definition) is 5. The van der Waals surface area contributed by atoms with Gasteiger partial charge in [-0.05, 0) is 49.1 Å². The molecule has 7 nitrogen and oxygen atoms in total. The SMILES string of the molecule is O=C(O)[C@H]1C2CCC(CC2)[C@@H]1Nc1nc(Cl)nn2cncc12. The summed E-state index contributed by atoms with van der Waals surface area (Å²) in [4.78, 5) is 20.0. The molecule has 2 aromatic rings. The number of anilines is 1. The van der Waals surface area contributed by atoms with Gasteiger partial charge in [-0.25, -0.2) is 9.50 Å². The summed E-state index contributed by atoms with van der Waals surface area (Å²) in [5.74, 6) is 0.0724. The average Bonchev–Trinajstić information content (AvgIpc) is 2.96. The maximum Gasteiger partial charge on any atom is 0.308 e. The summed E-state index contributed by atoms with van der Waals surface area (Å²) in [6, 6.07) is -0.116. The first-order valence-corrected chi connectivity index (χ1v) is 7.86. The van der Waals surface area contributed by atoms with Crippen LogP contribution in [0.1, 0.15) is 25.7 Å². The summed E-state index contributed by atoms with van der Waals surface area (Å²) in [5.41, 5.74) is 0.704. The summed E-state index contributed by atoms with van der Waals surface area (Å²) < 4.78 is 1.55. The van der Waals surface area contributed by atoms with Crippen LogP contribution in [-0.2, 0) is 4.79 Å². The summed E-state index contributed by atoms with van der Waals surface area (Å²) in [6.07, 6.45) is 7.35. The third-order valence-electron chi connectivity index (χ3n) is 5.06. The Morgan fingerprint density at radius 1 is 1.32 bits per heavy atom. The lowest BCUT2D eigenvalue weighted by atomic mass is 9.61. The predicted octanol–water partition coefficient (Wildman–Crippen LogP) is 2.08. The molecule has 2 atom stereocenters. The Balaban J connectivity index is 1.71. The normalized spacial score (nSPS) is 30.6. The first kappa shape index (κ1) is 13.8. The Bertz CT molecular complexity index is 725. The van der Waals surface area contributed by atoms with E-state index in [0.29, 0.717) is 17.3 Å². The van der Waals surface area contributed by atoms with E-state index >= 15 is 0 Å². The predicted molar refractivity (Wildman–Crippen MR) is 79.8 cm³/mol. The third kappa shape index (κ3) is 2.11. The molecule has 2 heterocycles. The van der Waals surface area contributed by atoms with Crippen molar-refractivity contribution in [3.05, 3.63) is 17.8 Å². The van der Waals surface area contributed by atoms with Gasteiger partial charge in [-0.15, -0.1) is 5.10 Å². The summed E-state index contributed by atoms with van der Waals surface area (Å²) in [7, 11) is 0. The first-order chi connectivity index (χ1) is 10.6. The Hall–Kier alpha value is -1.89. The lowest BCUT2D eigenvalue weighted by Crippen LogP contribution is -2.51. The van der Waals surface area contributed by atoms with Gasteiger partial charge in [0.2, 0.25) is 5.28 Å². The third-order valence-corrected chi connectivity index (χ3v) is 5.22. The fourth-order valence-electron chi connectivity index (χ4n) is 4.08. The zero-order valence-electron chi connectivity index (χ0n) is 11.8. The number of carbonyl (C=O) groups is 1. The van der Waals surface area contributed by atoms with E-state index in [4.69, 9.17) is 11.6 Å². The molecule has 3 aliphatic carbocycles. The smallest absolute Gasteiger partial charge is 0.308 e. The van der Waals surface area contributed by atoms with E-state index < -0.39 is 5.97 Å². The maximum absolute atomic E-state index is 11.7. The van der Waals surface area contributed by atoms with Gasteiger partial charge in [0.25, 0.3) is 0 Å². The molecule has 3 saturated carbocycles. The number of fused-ring (bicyclic) bond motifs is 4. The van der Waals surface area contributed by atoms with Crippen molar-refractivity contribution in [2.75, 3.05) is 5.32 Å². The van der Waals surface area contributed by atoms with Crippen LogP contribution in [0.3, 0.4) is 0 Å². The Morgan fingerprint density at radius 3 is 2.77 bits per heavy atom. The molecule has 0 amide bonds. The molecule has 3 fully saturated rings. The Morgan fingerprint density at radius 2 is 2.05 bits per heavy atom. The first-order valence-electron chi connectivity index (χ1n) is 7.48. The van der Waals surface area contributed by atoms with E-state index in [2.05, 4.69) is 20.4 Å². The summed E-state index contributed by atoms with van der Waals surface area (Å²) in [5, 5.41) is 17.1. The highest BCUT2D eigenvalue weighted by atomic mass is 35.5. The van der Waals surface area contributed by atoms with Crippen molar-refractivity contribution in [2.24, 2.45) is 17.8 Å². The molecular formula is C14H16ClN5O2. The van der Waals surface area contributed by atoms with Crippen LogP contribution in [0.5, 0.6) is 0 Å². The van der Waals surface area contributed by atoms with E-state index in [1.54, 1.807) is 17.0 Å². The Kier molecular flexibility index (Phi) is 3.18. The number of nitrogens with one attached hydrogen (secondary N) is 1. The number of aliphatic carboxylic acids is 1. The van der Waals surface area contributed by atoms with Gasteiger partial charge in [0, 0.05) is 6.04 Å². The number of aromatic nitrogens is 4. The number of hydrogen-bond donors (Lipinski definition) is 2. The molecular weight excluding hydrogens is 306 g/mol. The van der Waals surface area contributed by atoms with Gasteiger partial charge in [-0.3, -0.25) is 4.79 Å². The van der Waals surface area contributed by atoms with Crippen molar-refractivity contribution in [3.63, 3.8) is 0 Å². The molecule has 0 aliphatic heterocycles. The van der Waals surface area contributed by atoms with Gasteiger partial charge < -0.3 is 10.4 Å². The van der Waals surface area contributed by atoms with Gasteiger partial charge in [0.1, 0.15) is 11.8 Å². The summed E-state index contributed by atoms with van der Waals surface area (Å²) >= 11 is 5.95. The molecule has 5 rings (SSSR count). The van der Waals surface area contributed by atoms with Crippen LogP contribution in [0.4, 0.5) is 5.82 Å². The van der Waals surface area contributed by atoms with E-state index in [9.17, 15) is 9.90 Å². The van der Waals surface area contributed by atoms with Crippen LogP contribution in [0.25, 0.3) is 5.52 Å². The zero-order valence-corrected chi connectivity index (χ0v) is 12.6. The average molecular weight is 322 g/mol. The quantitative estimate of drug-likeness (QED) is 0.899. The molecule has 0 spiro atoms. The number of nitrogens with zero attached hydrogens (tertiary/aromatic N) is 4. The monoisotopic (exact) mass is 321 g/mol. The van der Waals surface area contributed by atoms with Gasteiger partial charge in [0.15, 0.2) is 5.82 Å². The molecule has 2 aromatic heterocycles. The van der Waals surface area contributed by atoms with Crippen molar-refractivity contribution in [3.8, 4) is 0 Å². The number of rotatable bonds is 3. The molecule has 0 radical (unpaired) electrons. The molecule has 8 heteroatoms. The lowest BCUT2D eigenvalue weighted by Gasteiger charge is -2.47. The Labute approximate surface area is 131 Å². The van der Waals surface area contributed by atoms with E-state index in [1.807, 2.05) is 0 Å². The van der Waals surface area contributed by atoms with Crippen molar-refractivity contribution >= 4 is 28.9 Å². The van der Waals surface area contributed by atoms with Gasteiger partial charge >= 0.3 is 5.97 Å². The highest BCUT2D eigenvalue weighted by Gasteiger charge is 2.47. The zero-order chi connectivity index (χ0) is 15.3. The molecule has 2 N–H and O–H groups in total. The van der Waals surface area contributed by atoms with Crippen molar-refractivity contribution in [1.29, 1.82) is 0 Å². The van der Waals surface area contributed by atoms with Gasteiger partial charge in [-0.1, -0.05) is 0 Å². The number of halogens is 1. The van der Waals surface area contributed by atoms with E-state index in [0.717, 1.165) is 25.7 Å². The van der Waals surface area contributed by atoms with Crippen LogP contribution in [0.2, 0.25) is 5.28 Å². The number of carboxylic acids is 1. The van der Waals surface area contributed by atoms with Crippen LogP contribution >= 0.6 is 11.6 Å². The fourth-order valence-corrected chi connectivity index (χ4v) is 4.24. The standard InChI is InChI=1S/C14H16ClN5O2/c15-14-18-12(9-5-16-6-20(9)19-14)17-11-8-3-1-7(2-4-8)10(11)13(21)22/h5-8,10-11H,1-4H2,(H,21,22)(H,17,18,19)/t7?,8?,10-,11-/m0/s1. The molecule has 0 unspecified atom stereocenters. The highest BCUT2D eigenvalue weighted by molar-refractivity contribution is 6.28. The molecule has 0 saturated heterocycles. The lowest BCUT2D eigenvalue weighted by molar-refractivity contribution is -0.148. The van der Waals surface area contributed by atoms with Crippen LogP contribution < -0.4 is 5.32 Å². The van der Waals surface area contributed by atoms with Crippen molar-refractivity contribution in [2.45, 2.75) is 31.7 Å². The maximum atomic E-state index is 11.7. The fraction of sp³-hybridized carbons (Fsp3) is 0.571. The largest absolute Gasteiger partial charge is 0.481 e.